The maximum Gasteiger partial charge on any atom is 0.214 e. The maximum absolute atomic E-state index is 11.4. The molecule has 20 heavy (non-hydrogen) atoms. The first kappa shape index (κ1) is 14.5. The Morgan fingerprint density at radius 2 is 2.20 bits per heavy atom. The van der Waals surface area contributed by atoms with Gasteiger partial charge >= 0.3 is 0 Å². The average Bonchev–Trinajstić information content (AvgIpc) is 2.86. The van der Waals surface area contributed by atoms with E-state index in [1.165, 1.54) is 11.8 Å². The SMILES string of the molecule is COc1ccc(C)cc1-n1nnnc1S[C@@H](C)C(C)=O. The van der Waals surface area contributed by atoms with Crippen molar-refractivity contribution in [1.29, 1.82) is 0 Å². The normalized spacial score (nSPS) is 12.2. The number of aryl methyl sites for hydroxylation is 1. The minimum absolute atomic E-state index is 0.0840. The fraction of sp³-hybridized carbons (Fsp3) is 0.385. The predicted molar refractivity (Wildman–Crippen MR) is 76.4 cm³/mol. The second-order valence-electron chi connectivity index (χ2n) is 4.42. The first-order valence-corrected chi connectivity index (χ1v) is 7.01. The van der Waals surface area contributed by atoms with Crippen LogP contribution >= 0.6 is 11.8 Å². The Balaban J connectivity index is 2.41. The van der Waals surface area contributed by atoms with Crippen LogP contribution in [0, 0.1) is 6.92 Å². The van der Waals surface area contributed by atoms with E-state index < -0.39 is 0 Å². The van der Waals surface area contributed by atoms with E-state index in [0.29, 0.717) is 10.9 Å². The molecule has 0 aliphatic rings. The van der Waals surface area contributed by atoms with Gasteiger partial charge in [-0.1, -0.05) is 17.8 Å². The monoisotopic (exact) mass is 292 g/mol. The summed E-state index contributed by atoms with van der Waals surface area (Å²) in [5.74, 6) is 0.765. The van der Waals surface area contributed by atoms with Crippen molar-refractivity contribution in [2.75, 3.05) is 7.11 Å². The minimum Gasteiger partial charge on any atom is -0.494 e. The molecule has 1 aromatic carbocycles. The summed E-state index contributed by atoms with van der Waals surface area (Å²) >= 11 is 1.33. The molecule has 1 aromatic heterocycles. The van der Waals surface area contributed by atoms with Crippen molar-refractivity contribution in [3.05, 3.63) is 23.8 Å². The number of tetrazole rings is 1. The Morgan fingerprint density at radius 1 is 1.45 bits per heavy atom. The third-order valence-corrected chi connectivity index (χ3v) is 4.01. The molecule has 0 spiro atoms. The molecule has 0 amide bonds. The number of ketones is 1. The van der Waals surface area contributed by atoms with Gasteiger partial charge in [-0.3, -0.25) is 4.79 Å². The summed E-state index contributed by atoms with van der Waals surface area (Å²) in [5.41, 5.74) is 1.84. The van der Waals surface area contributed by atoms with Crippen LogP contribution < -0.4 is 4.74 Å². The molecule has 0 aliphatic carbocycles. The van der Waals surface area contributed by atoms with E-state index in [1.807, 2.05) is 32.0 Å². The predicted octanol–water partition coefficient (Wildman–Crippen LogP) is 2.05. The standard InChI is InChI=1S/C13H16N4O2S/c1-8-5-6-12(19-4)11(7-8)17-13(14-15-16-17)20-10(3)9(2)18/h5-7,10H,1-4H3/t10-/m0/s1. The lowest BCUT2D eigenvalue weighted by molar-refractivity contribution is -0.116. The van der Waals surface area contributed by atoms with Crippen molar-refractivity contribution in [1.82, 2.24) is 20.2 Å². The number of benzene rings is 1. The topological polar surface area (TPSA) is 69.9 Å². The van der Waals surface area contributed by atoms with Gasteiger partial charge in [-0.15, -0.1) is 5.10 Å². The summed E-state index contributed by atoms with van der Waals surface area (Å²) in [6.45, 7) is 5.37. The number of methoxy groups -OCH3 is 1. The number of carbonyl (C=O) groups excluding carboxylic acids is 1. The maximum atomic E-state index is 11.4. The van der Waals surface area contributed by atoms with Crippen molar-refractivity contribution in [2.45, 2.75) is 31.2 Å². The Hall–Kier alpha value is -1.89. The summed E-state index contributed by atoms with van der Waals surface area (Å²) in [7, 11) is 1.60. The first-order valence-electron chi connectivity index (χ1n) is 6.13. The Morgan fingerprint density at radius 3 is 2.85 bits per heavy atom. The van der Waals surface area contributed by atoms with Gasteiger partial charge in [-0.25, -0.2) is 0 Å². The molecule has 6 nitrogen and oxygen atoms in total. The Bertz CT molecular complexity index is 627. The summed E-state index contributed by atoms with van der Waals surface area (Å²) in [6.07, 6.45) is 0. The van der Waals surface area contributed by atoms with E-state index in [0.717, 1.165) is 11.3 Å². The Labute approximate surface area is 121 Å². The number of carbonyl (C=O) groups is 1. The van der Waals surface area contributed by atoms with Gasteiger partial charge in [-0.2, -0.15) is 4.68 Å². The zero-order valence-electron chi connectivity index (χ0n) is 11.8. The van der Waals surface area contributed by atoms with E-state index in [4.69, 9.17) is 4.74 Å². The average molecular weight is 292 g/mol. The van der Waals surface area contributed by atoms with Crippen molar-refractivity contribution in [2.24, 2.45) is 0 Å². The van der Waals surface area contributed by atoms with Gasteiger partial charge in [-0.05, 0) is 48.9 Å². The summed E-state index contributed by atoms with van der Waals surface area (Å²) < 4.78 is 6.93. The van der Waals surface area contributed by atoms with Crippen LogP contribution in [0.1, 0.15) is 19.4 Å². The molecule has 1 atom stereocenters. The van der Waals surface area contributed by atoms with Crippen LogP contribution in [0.5, 0.6) is 5.75 Å². The number of hydrogen-bond acceptors (Lipinski definition) is 6. The van der Waals surface area contributed by atoms with Gasteiger partial charge in [0.15, 0.2) is 0 Å². The number of nitrogens with zero attached hydrogens (tertiary/aromatic N) is 4. The molecule has 0 N–H and O–H groups in total. The quantitative estimate of drug-likeness (QED) is 0.786. The lowest BCUT2D eigenvalue weighted by Gasteiger charge is -2.11. The lowest BCUT2D eigenvalue weighted by atomic mass is 10.2. The number of ether oxygens (including phenoxy) is 1. The Kier molecular flexibility index (Phi) is 4.39. The van der Waals surface area contributed by atoms with E-state index >= 15 is 0 Å². The molecule has 2 aromatic rings. The van der Waals surface area contributed by atoms with Gasteiger partial charge < -0.3 is 4.74 Å². The fourth-order valence-corrected chi connectivity index (χ4v) is 2.41. The van der Waals surface area contributed by atoms with Crippen LogP contribution in [-0.2, 0) is 4.79 Å². The highest BCUT2D eigenvalue weighted by atomic mass is 32.2. The molecular formula is C13H16N4O2S. The highest BCUT2D eigenvalue weighted by Gasteiger charge is 2.18. The van der Waals surface area contributed by atoms with Gasteiger partial charge in [0, 0.05) is 0 Å². The van der Waals surface area contributed by atoms with Crippen molar-refractivity contribution < 1.29 is 9.53 Å². The number of aromatic nitrogens is 4. The summed E-state index contributed by atoms with van der Waals surface area (Å²) in [6, 6.07) is 5.77. The number of Topliss-reactive ketones (excluding diaryl/α,β-unsaturated/α-hetero) is 1. The molecule has 0 fully saturated rings. The fourth-order valence-electron chi connectivity index (χ4n) is 1.61. The van der Waals surface area contributed by atoms with Crippen LogP contribution in [-0.4, -0.2) is 38.4 Å². The number of hydrogen-bond donors (Lipinski definition) is 0. The molecule has 2 rings (SSSR count). The van der Waals surface area contributed by atoms with E-state index in [1.54, 1.807) is 18.7 Å². The van der Waals surface area contributed by atoms with Gasteiger partial charge in [0.05, 0.1) is 12.4 Å². The second kappa shape index (κ2) is 6.04. The molecule has 0 bridgehead atoms. The summed E-state index contributed by atoms with van der Waals surface area (Å²) in [4.78, 5) is 11.4. The molecule has 0 saturated carbocycles. The van der Waals surface area contributed by atoms with Crippen LogP contribution in [0.4, 0.5) is 0 Å². The van der Waals surface area contributed by atoms with E-state index in [2.05, 4.69) is 15.5 Å². The molecule has 106 valence electrons. The van der Waals surface area contributed by atoms with Crippen LogP contribution in [0.15, 0.2) is 23.4 Å². The minimum atomic E-state index is -0.199. The molecule has 0 saturated heterocycles. The van der Waals surface area contributed by atoms with Crippen molar-refractivity contribution in [3.8, 4) is 11.4 Å². The van der Waals surface area contributed by atoms with Gasteiger partial charge in [0.25, 0.3) is 0 Å². The molecule has 0 radical (unpaired) electrons. The molecule has 1 heterocycles. The third-order valence-electron chi connectivity index (χ3n) is 2.86. The lowest BCUT2D eigenvalue weighted by Crippen LogP contribution is -2.10. The van der Waals surface area contributed by atoms with Crippen LogP contribution in [0.3, 0.4) is 0 Å². The number of thioether (sulfide) groups is 1. The summed E-state index contributed by atoms with van der Waals surface area (Å²) in [5, 5.41) is 12.0. The highest BCUT2D eigenvalue weighted by molar-refractivity contribution is 8.00. The van der Waals surface area contributed by atoms with Gasteiger partial charge in [0.2, 0.25) is 5.16 Å². The first-order chi connectivity index (χ1) is 9.52. The smallest absolute Gasteiger partial charge is 0.214 e. The van der Waals surface area contributed by atoms with Gasteiger partial charge in [0.1, 0.15) is 17.2 Å². The van der Waals surface area contributed by atoms with Crippen molar-refractivity contribution in [3.63, 3.8) is 0 Å². The molecule has 7 heteroatoms. The number of rotatable bonds is 5. The molecule has 0 aliphatic heterocycles. The van der Waals surface area contributed by atoms with Crippen LogP contribution in [0.25, 0.3) is 5.69 Å². The largest absolute Gasteiger partial charge is 0.494 e. The molecular weight excluding hydrogens is 276 g/mol. The zero-order chi connectivity index (χ0) is 14.7. The second-order valence-corrected chi connectivity index (χ2v) is 5.73. The third kappa shape index (κ3) is 2.98. The van der Waals surface area contributed by atoms with E-state index in [-0.39, 0.29) is 11.0 Å². The zero-order valence-corrected chi connectivity index (χ0v) is 12.6. The molecule has 0 unspecified atom stereocenters. The van der Waals surface area contributed by atoms with Crippen molar-refractivity contribution >= 4 is 17.5 Å². The van der Waals surface area contributed by atoms with Crippen LogP contribution in [0.2, 0.25) is 0 Å². The van der Waals surface area contributed by atoms with E-state index in [9.17, 15) is 4.79 Å². The highest BCUT2D eigenvalue weighted by Crippen LogP contribution is 2.28.